The molecule has 24 heavy (non-hydrogen) atoms. The largest absolute Gasteiger partial charge is 0.497 e. The normalized spacial score (nSPS) is 36.7. The van der Waals surface area contributed by atoms with Crippen molar-refractivity contribution in [2.75, 3.05) is 7.11 Å². The van der Waals surface area contributed by atoms with E-state index in [0.29, 0.717) is 29.5 Å². The summed E-state index contributed by atoms with van der Waals surface area (Å²) in [4.78, 5) is 12.6. The first-order chi connectivity index (χ1) is 11.6. The lowest BCUT2D eigenvalue weighted by molar-refractivity contribution is -0.129. The number of methoxy groups -OCH3 is 1. The quantitative estimate of drug-likeness (QED) is 0.754. The van der Waals surface area contributed by atoms with Crippen LogP contribution in [0.5, 0.6) is 5.75 Å². The lowest BCUT2D eigenvalue weighted by Crippen LogP contribution is -2.47. The second kappa shape index (κ2) is 5.61. The minimum Gasteiger partial charge on any atom is -0.497 e. The number of hydrogen-bond acceptors (Lipinski definition) is 2. The summed E-state index contributed by atoms with van der Waals surface area (Å²) in [5.41, 5.74) is 2.72. The van der Waals surface area contributed by atoms with E-state index in [0.717, 1.165) is 31.4 Å². The molecule has 0 spiro atoms. The van der Waals surface area contributed by atoms with Gasteiger partial charge in [-0.2, -0.15) is 0 Å². The van der Waals surface area contributed by atoms with Crippen LogP contribution in [0.1, 0.15) is 43.2 Å². The summed E-state index contributed by atoms with van der Waals surface area (Å²) in [5.74, 6) is 3.12. The fourth-order valence-electron chi connectivity index (χ4n) is 5.74. The maximum atomic E-state index is 12.6. The van der Waals surface area contributed by atoms with Gasteiger partial charge >= 0.3 is 0 Å². The van der Waals surface area contributed by atoms with Gasteiger partial charge in [0.05, 0.1) is 7.11 Å². The minimum absolute atomic E-state index is 0.146. The van der Waals surface area contributed by atoms with Crippen LogP contribution < -0.4 is 4.74 Å². The third-order valence-electron chi connectivity index (χ3n) is 7.00. The Balaban J connectivity index is 1.80. The number of carbonyl (C=O) groups excluding carboxylic acids is 1. The van der Waals surface area contributed by atoms with E-state index < -0.39 is 0 Å². The number of fused-ring (bicyclic) bond motifs is 5. The Labute approximate surface area is 144 Å². The highest BCUT2D eigenvalue weighted by atomic mass is 16.5. The maximum absolute atomic E-state index is 12.6. The van der Waals surface area contributed by atoms with E-state index in [1.54, 1.807) is 7.11 Å². The molecule has 0 aromatic heterocycles. The Bertz CT molecular complexity index is 717. The van der Waals surface area contributed by atoms with Gasteiger partial charge in [0.1, 0.15) is 5.75 Å². The van der Waals surface area contributed by atoms with Crippen molar-refractivity contribution >= 4 is 5.78 Å². The predicted octanol–water partition coefficient (Wildman–Crippen LogP) is 4.70. The summed E-state index contributed by atoms with van der Waals surface area (Å²) in [6, 6.07) is 6.53. The standard InChI is InChI=1S/C22H26O2/c1-4-14-12-15-13-16(24-3)6-7-17(15)18-10-11-22(5-2)19(21(14)18)8-9-20(22)23/h4,6-9,13-14,18-19,21H,1,5,10-12H2,2-3H3/t14-,18-,19+,21-,22?/m1/s1. The number of ether oxygens (including phenoxy) is 1. The second-order valence-corrected chi connectivity index (χ2v) is 7.65. The van der Waals surface area contributed by atoms with Gasteiger partial charge in [0.2, 0.25) is 0 Å². The molecule has 0 N–H and O–H groups in total. The monoisotopic (exact) mass is 322 g/mol. The van der Waals surface area contributed by atoms with Gasteiger partial charge in [-0.15, -0.1) is 6.58 Å². The van der Waals surface area contributed by atoms with Crippen molar-refractivity contribution in [2.24, 2.45) is 23.2 Å². The summed E-state index contributed by atoms with van der Waals surface area (Å²) >= 11 is 0. The van der Waals surface area contributed by atoms with Crippen LogP contribution in [0.4, 0.5) is 0 Å². The molecule has 0 aliphatic heterocycles. The molecule has 1 fully saturated rings. The van der Waals surface area contributed by atoms with Crippen molar-refractivity contribution in [1.29, 1.82) is 0 Å². The molecule has 1 saturated carbocycles. The lowest BCUT2D eigenvalue weighted by Gasteiger charge is -2.51. The Kier molecular flexibility index (Phi) is 3.67. The van der Waals surface area contributed by atoms with Gasteiger partial charge in [0, 0.05) is 5.41 Å². The van der Waals surface area contributed by atoms with E-state index >= 15 is 0 Å². The van der Waals surface area contributed by atoms with Gasteiger partial charge in [-0.1, -0.05) is 25.1 Å². The van der Waals surface area contributed by atoms with Crippen LogP contribution in [0.25, 0.3) is 0 Å². The molecule has 0 radical (unpaired) electrons. The summed E-state index contributed by atoms with van der Waals surface area (Å²) in [6.45, 7) is 6.32. The maximum Gasteiger partial charge on any atom is 0.162 e. The highest BCUT2D eigenvalue weighted by Crippen LogP contribution is 2.60. The Morgan fingerprint density at radius 2 is 2.25 bits per heavy atom. The zero-order valence-corrected chi connectivity index (χ0v) is 14.6. The molecule has 4 rings (SSSR count). The van der Waals surface area contributed by atoms with E-state index in [2.05, 4.69) is 43.9 Å². The molecule has 3 aliphatic rings. The van der Waals surface area contributed by atoms with Crippen LogP contribution in [0, 0.1) is 23.2 Å². The number of ketones is 1. The molecule has 0 amide bonds. The first-order valence-electron chi connectivity index (χ1n) is 9.16. The van der Waals surface area contributed by atoms with E-state index in [4.69, 9.17) is 4.74 Å². The van der Waals surface area contributed by atoms with Crippen LogP contribution in [0.3, 0.4) is 0 Å². The molecular weight excluding hydrogens is 296 g/mol. The van der Waals surface area contributed by atoms with Gasteiger partial charge in [-0.25, -0.2) is 0 Å². The average molecular weight is 322 g/mol. The molecule has 2 heteroatoms. The zero-order valence-electron chi connectivity index (χ0n) is 14.6. The number of rotatable bonds is 3. The summed E-state index contributed by atoms with van der Waals surface area (Å²) in [5, 5.41) is 0. The number of hydrogen-bond donors (Lipinski definition) is 0. The van der Waals surface area contributed by atoms with Gasteiger partial charge in [0.25, 0.3) is 0 Å². The smallest absolute Gasteiger partial charge is 0.162 e. The average Bonchev–Trinajstić information content (AvgIpc) is 2.97. The predicted molar refractivity (Wildman–Crippen MR) is 96.2 cm³/mol. The Hall–Kier alpha value is -1.83. The van der Waals surface area contributed by atoms with Crippen molar-refractivity contribution in [2.45, 2.75) is 38.5 Å². The molecule has 3 aliphatic carbocycles. The fourth-order valence-corrected chi connectivity index (χ4v) is 5.74. The number of benzene rings is 1. The molecule has 1 aromatic rings. The van der Waals surface area contributed by atoms with Gasteiger partial charge in [-0.05, 0) is 78.7 Å². The van der Waals surface area contributed by atoms with Crippen molar-refractivity contribution in [1.82, 2.24) is 0 Å². The fraction of sp³-hybridized carbons (Fsp3) is 0.500. The minimum atomic E-state index is -0.146. The van der Waals surface area contributed by atoms with Crippen molar-refractivity contribution in [3.63, 3.8) is 0 Å². The highest BCUT2D eigenvalue weighted by molar-refractivity contribution is 5.98. The topological polar surface area (TPSA) is 26.3 Å². The summed E-state index contributed by atoms with van der Waals surface area (Å²) in [7, 11) is 1.73. The van der Waals surface area contributed by atoms with E-state index in [1.165, 1.54) is 11.1 Å². The van der Waals surface area contributed by atoms with Crippen molar-refractivity contribution in [3.8, 4) is 5.75 Å². The SMILES string of the molecule is C=C[C@@H]1Cc2cc(OC)ccc2[C@H]2CCC3(CC)C(=O)C=C[C@H]3[C@H]12. The summed E-state index contributed by atoms with van der Waals surface area (Å²) < 4.78 is 5.42. The van der Waals surface area contributed by atoms with Gasteiger partial charge < -0.3 is 4.74 Å². The zero-order chi connectivity index (χ0) is 16.9. The van der Waals surface area contributed by atoms with Gasteiger partial charge in [0.15, 0.2) is 5.78 Å². The molecule has 1 aromatic carbocycles. The lowest BCUT2D eigenvalue weighted by atomic mass is 9.51. The van der Waals surface area contributed by atoms with Crippen LogP contribution in [-0.2, 0) is 11.2 Å². The molecule has 2 nitrogen and oxygen atoms in total. The molecule has 1 unspecified atom stereocenters. The van der Waals surface area contributed by atoms with Crippen LogP contribution >= 0.6 is 0 Å². The second-order valence-electron chi connectivity index (χ2n) is 7.65. The number of allylic oxidation sites excluding steroid dienone is 3. The van der Waals surface area contributed by atoms with E-state index in [-0.39, 0.29) is 5.41 Å². The Morgan fingerprint density at radius 3 is 2.96 bits per heavy atom. The highest BCUT2D eigenvalue weighted by Gasteiger charge is 2.55. The van der Waals surface area contributed by atoms with E-state index in [1.807, 2.05) is 6.08 Å². The molecule has 126 valence electrons. The molecular formula is C22H26O2. The molecule has 0 bridgehead atoms. The van der Waals surface area contributed by atoms with Crippen LogP contribution in [0.15, 0.2) is 43.0 Å². The summed E-state index contributed by atoms with van der Waals surface area (Å²) in [6.07, 6.45) is 10.3. The van der Waals surface area contributed by atoms with Crippen LogP contribution in [-0.4, -0.2) is 12.9 Å². The molecule has 0 heterocycles. The third-order valence-corrected chi connectivity index (χ3v) is 7.00. The molecule has 5 atom stereocenters. The Morgan fingerprint density at radius 1 is 1.42 bits per heavy atom. The van der Waals surface area contributed by atoms with Crippen LogP contribution in [0.2, 0.25) is 0 Å². The first kappa shape index (κ1) is 15.7. The molecule has 0 saturated heterocycles. The number of carbonyl (C=O) groups is 1. The van der Waals surface area contributed by atoms with Crippen molar-refractivity contribution < 1.29 is 9.53 Å². The third kappa shape index (κ3) is 1.98. The van der Waals surface area contributed by atoms with Crippen molar-refractivity contribution in [3.05, 3.63) is 54.1 Å². The van der Waals surface area contributed by atoms with E-state index in [9.17, 15) is 4.79 Å². The van der Waals surface area contributed by atoms with Gasteiger partial charge in [-0.3, -0.25) is 4.79 Å². The first-order valence-corrected chi connectivity index (χ1v) is 9.16.